The van der Waals surface area contributed by atoms with E-state index < -0.39 is 24.0 Å². The van der Waals surface area contributed by atoms with Crippen LogP contribution in [-0.2, 0) is 32.0 Å². The van der Waals surface area contributed by atoms with Gasteiger partial charge >= 0.3 is 11.9 Å². The van der Waals surface area contributed by atoms with E-state index in [1.165, 1.54) is 9.80 Å². The summed E-state index contributed by atoms with van der Waals surface area (Å²) in [6, 6.07) is 9.58. The van der Waals surface area contributed by atoms with Crippen LogP contribution < -0.4 is 0 Å². The molecule has 8 nitrogen and oxygen atoms in total. The number of fused-ring (bicyclic) bond motifs is 1. The first kappa shape index (κ1) is 21.8. The van der Waals surface area contributed by atoms with Crippen LogP contribution in [0.4, 0.5) is 0 Å². The summed E-state index contributed by atoms with van der Waals surface area (Å²) >= 11 is 0. The van der Waals surface area contributed by atoms with Crippen molar-refractivity contribution < 1.29 is 29.4 Å². The van der Waals surface area contributed by atoms with E-state index >= 15 is 0 Å². The third-order valence-electron chi connectivity index (χ3n) is 6.50. The maximum atomic E-state index is 12.9. The molecular formula is C24H26N2O6. The van der Waals surface area contributed by atoms with E-state index in [2.05, 4.69) is 0 Å². The molecule has 2 aromatic carbocycles. The molecule has 0 bridgehead atoms. The second-order valence-electron chi connectivity index (χ2n) is 8.45. The second-order valence-corrected chi connectivity index (χ2v) is 8.45. The molecule has 2 N–H and O–H groups in total. The van der Waals surface area contributed by atoms with Crippen LogP contribution in [0.15, 0.2) is 36.4 Å². The molecule has 2 fully saturated rings. The Hall–Kier alpha value is -3.42. The van der Waals surface area contributed by atoms with Crippen molar-refractivity contribution in [3.05, 3.63) is 47.5 Å². The number of hydrogen-bond donors (Lipinski definition) is 2. The van der Waals surface area contributed by atoms with Crippen LogP contribution in [0.3, 0.4) is 0 Å². The Morgan fingerprint density at radius 3 is 1.50 bits per heavy atom. The molecule has 168 valence electrons. The molecule has 2 aliphatic rings. The van der Waals surface area contributed by atoms with Crippen LogP contribution in [-0.4, -0.2) is 68.9 Å². The lowest BCUT2D eigenvalue weighted by atomic mass is 9.95. The Morgan fingerprint density at radius 1 is 0.719 bits per heavy atom. The zero-order valence-corrected chi connectivity index (χ0v) is 17.7. The van der Waals surface area contributed by atoms with Crippen LogP contribution in [0.25, 0.3) is 10.8 Å². The maximum absolute atomic E-state index is 12.9. The van der Waals surface area contributed by atoms with E-state index in [-0.39, 0.29) is 24.7 Å². The monoisotopic (exact) mass is 438 g/mol. The summed E-state index contributed by atoms with van der Waals surface area (Å²) in [5.74, 6) is -2.39. The third-order valence-corrected chi connectivity index (χ3v) is 6.50. The number of amides is 2. The average molecular weight is 438 g/mol. The summed E-state index contributed by atoms with van der Waals surface area (Å²) in [7, 11) is 0. The topological polar surface area (TPSA) is 115 Å². The predicted octanol–water partition coefficient (Wildman–Crippen LogP) is 2.08. The molecule has 0 saturated carbocycles. The van der Waals surface area contributed by atoms with E-state index in [0.29, 0.717) is 38.8 Å². The Balaban J connectivity index is 1.57. The fraction of sp³-hybridized carbons (Fsp3) is 0.417. The molecule has 4 rings (SSSR count). The Morgan fingerprint density at radius 2 is 1.12 bits per heavy atom. The summed E-state index contributed by atoms with van der Waals surface area (Å²) in [6.07, 6.45) is 2.47. The highest BCUT2D eigenvalue weighted by molar-refractivity contribution is 5.96. The lowest BCUT2D eigenvalue weighted by Crippen LogP contribution is -2.41. The fourth-order valence-electron chi connectivity index (χ4n) is 4.91. The van der Waals surface area contributed by atoms with Gasteiger partial charge in [0.1, 0.15) is 12.1 Å². The number of aliphatic carboxylic acids is 2. The molecule has 0 aromatic heterocycles. The molecule has 2 amide bonds. The van der Waals surface area contributed by atoms with Crippen molar-refractivity contribution in [3.8, 4) is 0 Å². The van der Waals surface area contributed by atoms with Crippen LogP contribution in [0, 0.1) is 0 Å². The van der Waals surface area contributed by atoms with Crippen molar-refractivity contribution in [2.45, 2.75) is 50.6 Å². The summed E-state index contributed by atoms with van der Waals surface area (Å²) < 4.78 is 0. The van der Waals surface area contributed by atoms with Gasteiger partial charge in [0.25, 0.3) is 0 Å². The number of carbonyl (C=O) groups excluding carboxylic acids is 2. The maximum Gasteiger partial charge on any atom is 0.326 e. The van der Waals surface area contributed by atoms with Gasteiger partial charge in [0, 0.05) is 13.1 Å². The van der Waals surface area contributed by atoms with Crippen molar-refractivity contribution in [3.63, 3.8) is 0 Å². The highest BCUT2D eigenvalue weighted by atomic mass is 16.4. The van der Waals surface area contributed by atoms with E-state index in [1.807, 2.05) is 36.4 Å². The Kier molecular flexibility index (Phi) is 6.12. The number of benzene rings is 2. The number of nitrogens with zero attached hydrogens (tertiary/aromatic N) is 2. The molecule has 2 heterocycles. The SMILES string of the molecule is O=C(O)[C@H]1CCCN1C(=O)Cc1ccc(CC(=O)N2CCC[C@@H]2C(=O)O)c2ccccc12. The largest absolute Gasteiger partial charge is 0.480 e. The number of carboxylic acid groups (broad SMARTS) is 2. The lowest BCUT2D eigenvalue weighted by molar-refractivity contribution is -0.148. The predicted molar refractivity (Wildman–Crippen MR) is 116 cm³/mol. The van der Waals surface area contributed by atoms with Gasteiger partial charge in [0.2, 0.25) is 11.8 Å². The third kappa shape index (κ3) is 4.17. The van der Waals surface area contributed by atoms with Gasteiger partial charge in [0.15, 0.2) is 0 Å². The van der Waals surface area contributed by atoms with Gasteiger partial charge in [-0.1, -0.05) is 36.4 Å². The molecule has 8 heteroatoms. The quantitative estimate of drug-likeness (QED) is 0.714. The van der Waals surface area contributed by atoms with E-state index in [9.17, 15) is 29.4 Å². The summed E-state index contributed by atoms with van der Waals surface area (Å²) in [4.78, 5) is 51.5. The molecule has 2 saturated heterocycles. The van der Waals surface area contributed by atoms with Gasteiger partial charge in [0.05, 0.1) is 12.8 Å². The van der Waals surface area contributed by atoms with Gasteiger partial charge < -0.3 is 20.0 Å². The normalized spacial score (nSPS) is 20.6. The zero-order chi connectivity index (χ0) is 22.8. The van der Waals surface area contributed by atoms with E-state index in [1.54, 1.807) is 0 Å². The highest BCUT2D eigenvalue weighted by Gasteiger charge is 2.35. The first-order valence-electron chi connectivity index (χ1n) is 10.9. The number of rotatable bonds is 6. The van der Waals surface area contributed by atoms with Crippen LogP contribution in [0.1, 0.15) is 36.8 Å². The van der Waals surface area contributed by atoms with Crippen molar-refractivity contribution in [2.75, 3.05) is 13.1 Å². The average Bonchev–Trinajstić information content (AvgIpc) is 3.45. The molecule has 0 spiro atoms. The van der Waals surface area contributed by atoms with Gasteiger partial charge in [-0.3, -0.25) is 9.59 Å². The number of carbonyl (C=O) groups is 4. The van der Waals surface area contributed by atoms with Gasteiger partial charge in [-0.25, -0.2) is 9.59 Å². The summed E-state index contributed by atoms with van der Waals surface area (Å²) in [5.41, 5.74) is 1.56. The highest BCUT2D eigenvalue weighted by Crippen LogP contribution is 2.27. The smallest absolute Gasteiger partial charge is 0.326 e. The van der Waals surface area contributed by atoms with Gasteiger partial charge in [-0.15, -0.1) is 0 Å². The molecule has 0 aliphatic carbocycles. The molecule has 0 radical (unpaired) electrons. The van der Waals surface area contributed by atoms with E-state index in [0.717, 1.165) is 21.9 Å². The number of carboxylic acids is 2. The minimum Gasteiger partial charge on any atom is -0.480 e. The lowest BCUT2D eigenvalue weighted by Gasteiger charge is -2.23. The first-order chi connectivity index (χ1) is 15.4. The molecule has 0 unspecified atom stereocenters. The van der Waals surface area contributed by atoms with Crippen molar-refractivity contribution >= 4 is 34.5 Å². The minimum atomic E-state index is -0.976. The van der Waals surface area contributed by atoms with Gasteiger partial charge in [-0.2, -0.15) is 0 Å². The van der Waals surface area contributed by atoms with Crippen molar-refractivity contribution in [1.29, 1.82) is 0 Å². The minimum absolute atomic E-state index is 0.0890. The number of hydrogen-bond acceptors (Lipinski definition) is 4. The Bertz CT molecular complexity index is 997. The van der Waals surface area contributed by atoms with Crippen molar-refractivity contribution in [1.82, 2.24) is 9.80 Å². The van der Waals surface area contributed by atoms with Crippen LogP contribution in [0.5, 0.6) is 0 Å². The molecule has 2 atom stereocenters. The van der Waals surface area contributed by atoms with Crippen molar-refractivity contribution in [2.24, 2.45) is 0 Å². The van der Waals surface area contributed by atoms with Crippen LogP contribution >= 0.6 is 0 Å². The molecule has 2 aromatic rings. The van der Waals surface area contributed by atoms with Crippen LogP contribution in [0.2, 0.25) is 0 Å². The Labute approximate surface area is 185 Å². The first-order valence-corrected chi connectivity index (χ1v) is 10.9. The number of likely N-dealkylation sites (tertiary alicyclic amines) is 2. The fourth-order valence-corrected chi connectivity index (χ4v) is 4.91. The molecule has 32 heavy (non-hydrogen) atoms. The van der Waals surface area contributed by atoms with E-state index in [4.69, 9.17) is 0 Å². The zero-order valence-electron chi connectivity index (χ0n) is 17.7. The molecule has 2 aliphatic heterocycles. The summed E-state index contributed by atoms with van der Waals surface area (Å²) in [5, 5.41) is 20.4. The molecular weight excluding hydrogens is 412 g/mol. The summed E-state index contributed by atoms with van der Waals surface area (Å²) in [6.45, 7) is 0.891. The second kappa shape index (κ2) is 8.98. The van der Waals surface area contributed by atoms with Gasteiger partial charge in [-0.05, 0) is 47.6 Å². The standard InChI is InChI=1S/C24H26N2O6/c27-21(25-11-3-7-19(25)23(29)30)13-15-9-10-16(18-6-2-1-5-17(15)18)14-22(28)26-12-4-8-20(26)24(31)32/h1-2,5-6,9-10,19-20H,3-4,7-8,11-14H2,(H,29,30)(H,31,32)/t19-,20-/m1/s1.